The first-order valence-electron chi connectivity index (χ1n) is 6.97. The summed E-state index contributed by atoms with van der Waals surface area (Å²) in [7, 11) is 1.69. The van der Waals surface area contributed by atoms with Crippen molar-refractivity contribution in [2.24, 2.45) is 5.73 Å². The highest BCUT2D eigenvalue weighted by Gasteiger charge is 2.13. The lowest BCUT2D eigenvalue weighted by Gasteiger charge is -2.17. The fraction of sp³-hybridized carbons (Fsp3) is 0.333. The number of hydrogen-bond acceptors (Lipinski definition) is 2. The summed E-state index contributed by atoms with van der Waals surface area (Å²) < 4.78 is 5.43. The zero-order chi connectivity index (χ0) is 14.7. The molecule has 0 fully saturated rings. The van der Waals surface area contributed by atoms with Crippen LogP contribution in [0.15, 0.2) is 36.4 Å². The SMILES string of the molecule is COc1ccc(C)cc1C(N)Cc1cc(C)cc(C)c1. The van der Waals surface area contributed by atoms with Gasteiger partial charge < -0.3 is 10.5 Å². The van der Waals surface area contributed by atoms with E-state index in [4.69, 9.17) is 10.5 Å². The fourth-order valence-electron chi connectivity index (χ4n) is 2.69. The van der Waals surface area contributed by atoms with E-state index >= 15 is 0 Å². The van der Waals surface area contributed by atoms with Gasteiger partial charge in [-0.25, -0.2) is 0 Å². The van der Waals surface area contributed by atoms with Gasteiger partial charge in [-0.05, 0) is 38.8 Å². The Morgan fingerprint density at radius 1 is 0.950 bits per heavy atom. The minimum atomic E-state index is -0.0500. The first-order chi connectivity index (χ1) is 9.49. The van der Waals surface area contributed by atoms with Crippen LogP contribution >= 0.6 is 0 Å². The highest BCUT2D eigenvalue weighted by atomic mass is 16.5. The van der Waals surface area contributed by atoms with E-state index < -0.39 is 0 Å². The van der Waals surface area contributed by atoms with Crippen molar-refractivity contribution in [3.05, 3.63) is 64.2 Å². The maximum Gasteiger partial charge on any atom is 0.123 e. The van der Waals surface area contributed by atoms with Gasteiger partial charge in [-0.3, -0.25) is 0 Å². The lowest BCUT2D eigenvalue weighted by atomic mass is 9.95. The standard InChI is InChI=1S/C18H23NO/c1-12-5-6-18(20-4)16(10-12)17(19)11-15-8-13(2)7-14(3)9-15/h5-10,17H,11,19H2,1-4H3. The van der Waals surface area contributed by atoms with E-state index in [0.29, 0.717) is 0 Å². The minimum Gasteiger partial charge on any atom is -0.496 e. The molecule has 0 bridgehead atoms. The Bertz CT molecular complexity index is 584. The summed E-state index contributed by atoms with van der Waals surface area (Å²) in [4.78, 5) is 0. The molecule has 2 aromatic rings. The maximum absolute atomic E-state index is 6.39. The third kappa shape index (κ3) is 3.40. The quantitative estimate of drug-likeness (QED) is 0.914. The molecule has 0 aromatic heterocycles. The zero-order valence-electron chi connectivity index (χ0n) is 12.7. The molecule has 2 aromatic carbocycles. The van der Waals surface area contributed by atoms with Gasteiger partial charge in [0, 0.05) is 11.6 Å². The average Bonchev–Trinajstić information content (AvgIpc) is 2.37. The van der Waals surface area contributed by atoms with Gasteiger partial charge in [-0.2, -0.15) is 0 Å². The molecule has 0 heterocycles. The molecule has 20 heavy (non-hydrogen) atoms. The van der Waals surface area contributed by atoms with Gasteiger partial charge in [0.2, 0.25) is 0 Å². The van der Waals surface area contributed by atoms with Crippen LogP contribution in [-0.2, 0) is 6.42 Å². The second-order valence-corrected chi connectivity index (χ2v) is 5.55. The third-order valence-corrected chi connectivity index (χ3v) is 3.52. The molecule has 0 aliphatic carbocycles. The van der Waals surface area contributed by atoms with Gasteiger partial charge in [0.05, 0.1) is 7.11 Å². The Balaban J connectivity index is 2.27. The highest BCUT2D eigenvalue weighted by Crippen LogP contribution is 2.27. The van der Waals surface area contributed by atoms with E-state index in [0.717, 1.165) is 17.7 Å². The topological polar surface area (TPSA) is 35.2 Å². The molecule has 2 rings (SSSR count). The van der Waals surface area contributed by atoms with E-state index in [9.17, 15) is 0 Å². The normalized spacial score (nSPS) is 12.2. The van der Waals surface area contributed by atoms with Crippen molar-refractivity contribution in [2.75, 3.05) is 7.11 Å². The Kier molecular flexibility index (Phi) is 4.46. The van der Waals surface area contributed by atoms with Crippen molar-refractivity contribution in [1.29, 1.82) is 0 Å². The minimum absolute atomic E-state index is 0.0500. The van der Waals surface area contributed by atoms with Crippen LogP contribution in [0.25, 0.3) is 0 Å². The molecular formula is C18H23NO. The lowest BCUT2D eigenvalue weighted by molar-refractivity contribution is 0.405. The van der Waals surface area contributed by atoms with Gasteiger partial charge in [-0.1, -0.05) is 47.0 Å². The van der Waals surface area contributed by atoms with Crippen LogP contribution in [0.5, 0.6) is 5.75 Å². The zero-order valence-corrected chi connectivity index (χ0v) is 12.7. The highest BCUT2D eigenvalue weighted by molar-refractivity contribution is 5.40. The summed E-state index contributed by atoms with van der Waals surface area (Å²) in [6.07, 6.45) is 0.822. The van der Waals surface area contributed by atoms with Crippen molar-refractivity contribution in [1.82, 2.24) is 0 Å². The number of aryl methyl sites for hydroxylation is 3. The van der Waals surface area contributed by atoms with Crippen LogP contribution < -0.4 is 10.5 Å². The van der Waals surface area contributed by atoms with E-state index in [1.165, 1.54) is 22.3 Å². The molecule has 0 radical (unpaired) electrons. The molecular weight excluding hydrogens is 246 g/mol. The Morgan fingerprint density at radius 2 is 1.60 bits per heavy atom. The number of nitrogens with two attached hydrogens (primary N) is 1. The van der Waals surface area contributed by atoms with Crippen LogP contribution in [0.3, 0.4) is 0 Å². The number of benzene rings is 2. The predicted molar refractivity (Wildman–Crippen MR) is 84.3 cm³/mol. The summed E-state index contributed by atoms with van der Waals surface area (Å²) in [5.74, 6) is 0.868. The van der Waals surface area contributed by atoms with Crippen LogP contribution in [0, 0.1) is 20.8 Å². The number of rotatable bonds is 4. The lowest BCUT2D eigenvalue weighted by Crippen LogP contribution is -2.15. The van der Waals surface area contributed by atoms with Crippen LogP contribution in [-0.4, -0.2) is 7.11 Å². The Labute approximate surface area is 121 Å². The molecule has 0 saturated heterocycles. The second kappa shape index (κ2) is 6.10. The summed E-state index contributed by atoms with van der Waals surface area (Å²) in [5, 5.41) is 0. The van der Waals surface area contributed by atoms with Crippen LogP contribution in [0.2, 0.25) is 0 Å². The molecule has 2 N–H and O–H groups in total. The fourth-order valence-corrected chi connectivity index (χ4v) is 2.69. The van der Waals surface area contributed by atoms with Crippen molar-refractivity contribution in [2.45, 2.75) is 33.2 Å². The Morgan fingerprint density at radius 3 is 2.20 bits per heavy atom. The Hall–Kier alpha value is -1.80. The number of methoxy groups -OCH3 is 1. The first-order valence-corrected chi connectivity index (χ1v) is 6.97. The average molecular weight is 269 g/mol. The number of ether oxygens (including phenoxy) is 1. The number of hydrogen-bond donors (Lipinski definition) is 1. The predicted octanol–water partition coefficient (Wildman–Crippen LogP) is 3.86. The molecule has 2 nitrogen and oxygen atoms in total. The molecule has 2 heteroatoms. The molecule has 0 aliphatic rings. The van der Waals surface area contributed by atoms with Gasteiger partial charge in [0.1, 0.15) is 5.75 Å². The molecule has 0 saturated carbocycles. The van der Waals surface area contributed by atoms with E-state index in [1.807, 2.05) is 12.1 Å². The van der Waals surface area contributed by atoms with Gasteiger partial charge >= 0.3 is 0 Å². The van der Waals surface area contributed by atoms with Crippen LogP contribution in [0.4, 0.5) is 0 Å². The van der Waals surface area contributed by atoms with Crippen molar-refractivity contribution < 1.29 is 4.74 Å². The first kappa shape index (κ1) is 14.6. The maximum atomic E-state index is 6.39. The molecule has 1 unspecified atom stereocenters. The van der Waals surface area contributed by atoms with Crippen molar-refractivity contribution in [3.63, 3.8) is 0 Å². The smallest absolute Gasteiger partial charge is 0.123 e. The van der Waals surface area contributed by atoms with Gasteiger partial charge in [0.15, 0.2) is 0 Å². The van der Waals surface area contributed by atoms with E-state index in [-0.39, 0.29) is 6.04 Å². The van der Waals surface area contributed by atoms with Gasteiger partial charge in [0.25, 0.3) is 0 Å². The van der Waals surface area contributed by atoms with Crippen LogP contribution in [0.1, 0.15) is 33.9 Å². The summed E-state index contributed by atoms with van der Waals surface area (Å²) in [6.45, 7) is 6.32. The summed E-state index contributed by atoms with van der Waals surface area (Å²) in [6, 6.07) is 12.7. The van der Waals surface area contributed by atoms with Crippen molar-refractivity contribution in [3.8, 4) is 5.75 Å². The molecule has 1 atom stereocenters. The van der Waals surface area contributed by atoms with E-state index in [2.05, 4.69) is 45.0 Å². The largest absolute Gasteiger partial charge is 0.496 e. The summed E-state index contributed by atoms with van der Waals surface area (Å²) in [5.41, 5.74) is 12.5. The third-order valence-electron chi connectivity index (χ3n) is 3.52. The second-order valence-electron chi connectivity index (χ2n) is 5.55. The molecule has 0 spiro atoms. The molecule has 0 amide bonds. The summed E-state index contributed by atoms with van der Waals surface area (Å²) >= 11 is 0. The van der Waals surface area contributed by atoms with E-state index in [1.54, 1.807) is 7.11 Å². The van der Waals surface area contributed by atoms with Crippen molar-refractivity contribution >= 4 is 0 Å². The molecule has 106 valence electrons. The molecule has 0 aliphatic heterocycles. The monoisotopic (exact) mass is 269 g/mol. The van der Waals surface area contributed by atoms with Gasteiger partial charge in [-0.15, -0.1) is 0 Å².